The van der Waals surface area contributed by atoms with Gasteiger partial charge < -0.3 is 15.3 Å². The number of rotatable bonds is 6. The fourth-order valence-corrected chi connectivity index (χ4v) is 2.48. The van der Waals surface area contributed by atoms with Gasteiger partial charge in [-0.05, 0) is 31.9 Å². The van der Waals surface area contributed by atoms with E-state index in [2.05, 4.69) is 5.32 Å². The summed E-state index contributed by atoms with van der Waals surface area (Å²) in [6.45, 7) is 2.78. The van der Waals surface area contributed by atoms with Crippen molar-refractivity contribution in [2.75, 3.05) is 18.0 Å². The summed E-state index contributed by atoms with van der Waals surface area (Å²) in [5.74, 6) is -2.08. The van der Waals surface area contributed by atoms with E-state index in [1.807, 2.05) is 31.2 Å². The van der Waals surface area contributed by atoms with Crippen LogP contribution in [0.2, 0.25) is 0 Å². The molecule has 0 spiro atoms. The average molecular weight is 304 g/mol. The average Bonchev–Trinajstić information content (AvgIpc) is 2.86. The number of carbonyl (C=O) groups is 3. The first-order chi connectivity index (χ1) is 10.5. The summed E-state index contributed by atoms with van der Waals surface area (Å²) in [7, 11) is 0. The van der Waals surface area contributed by atoms with Crippen LogP contribution >= 0.6 is 0 Å². The number of carboxylic acids is 1. The normalized spacial score (nSPS) is 17.6. The second-order valence-corrected chi connectivity index (χ2v) is 5.46. The maximum Gasteiger partial charge on any atom is 0.303 e. The molecule has 6 heteroatoms. The zero-order valence-corrected chi connectivity index (χ0v) is 12.5. The summed E-state index contributed by atoms with van der Waals surface area (Å²) in [6, 6.07) is 7.62. The number of amides is 2. The largest absolute Gasteiger partial charge is 0.481 e. The molecular weight excluding hydrogens is 284 g/mol. The minimum absolute atomic E-state index is 0.00832. The highest BCUT2D eigenvalue weighted by Crippen LogP contribution is 2.25. The fourth-order valence-electron chi connectivity index (χ4n) is 2.48. The van der Waals surface area contributed by atoms with Crippen LogP contribution in [-0.2, 0) is 14.4 Å². The highest BCUT2D eigenvalue weighted by molar-refractivity contribution is 6.09. The summed E-state index contributed by atoms with van der Waals surface area (Å²) < 4.78 is 0. The van der Waals surface area contributed by atoms with Crippen molar-refractivity contribution in [1.82, 2.24) is 5.32 Å². The van der Waals surface area contributed by atoms with Crippen molar-refractivity contribution < 1.29 is 19.5 Å². The molecule has 0 aromatic heterocycles. The molecule has 1 saturated heterocycles. The Hall–Kier alpha value is -2.37. The molecule has 1 aromatic carbocycles. The molecule has 1 heterocycles. The molecule has 6 nitrogen and oxygen atoms in total. The molecule has 0 unspecified atom stereocenters. The van der Waals surface area contributed by atoms with E-state index in [0.717, 1.165) is 11.3 Å². The van der Waals surface area contributed by atoms with Crippen molar-refractivity contribution in [2.24, 2.45) is 5.92 Å². The molecule has 1 aliphatic heterocycles. The molecular formula is C16H20N2O4. The lowest BCUT2D eigenvalue weighted by Gasteiger charge is -2.17. The highest BCUT2D eigenvalue weighted by atomic mass is 16.4. The summed E-state index contributed by atoms with van der Waals surface area (Å²) >= 11 is 0. The van der Waals surface area contributed by atoms with Crippen LogP contribution in [0.4, 0.5) is 5.69 Å². The molecule has 22 heavy (non-hydrogen) atoms. The molecule has 0 aliphatic carbocycles. The number of nitrogens with one attached hydrogen (secondary N) is 1. The first-order valence-electron chi connectivity index (χ1n) is 7.36. The number of hydrogen-bond acceptors (Lipinski definition) is 3. The monoisotopic (exact) mass is 304 g/mol. The highest BCUT2D eigenvalue weighted by Gasteiger charge is 2.37. The Morgan fingerprint density at radius 3 is 2.64 bits per heavy atom. The molecule has 0 bridgehead atoms. The van der Waals surface area contributed by atoms with E-state index >= 15 is 0 Å². The number of aryl methyl sites for hydroxylation is 1. The van der Waals surface area contributed by atoms with Crippen LogP contribution in [0.25, 0.3) is 0 Å². The Balaban J connectivity index is 1.89. The molecule has 1 fully saturated rings. The van der Waals surface area contributed by atoms with Gasteiger partial charge in [-0.15, -0.1) is 0 Å². The summed E-state index contributed by atoms with van der Waals surface area (Å²) in [6.07, 6.45) is 0.857. The van der Waals surface area contributed by atoms with Gasteiger partial charge in [-0.1, -0.05) is 17.7 Å². The summed E-state index contributed by atoms with van der Waals surface area (Å²) in [4.78, 5) is 36.4. The Labute approximate surface area is 129 Å². The molecule has 0 saturated carbocycles. The van der Waals surface area contributed by atoms with Crippen molar-refractivity contribution >= 4 is 23.5 Å². The van der Waals surface area contributed by atoms with E-state index in [0.29, 0.717) is 19.4 Å². The van der Waals surface area contributed by atoms with E-state index in [1.54, 1.807) is 4.90 Å². The van der Waals surface area contributed by atoms with Gasteiger partial charge in [0, 0.05) is 25.2 Å². The van der Waals surface area contributed by atoms with Crippen LogP contribution in [0, 0.1) is 12.8 Å². The third kappa shape index (κ3) is 3.84. The van der Waals surface area contributed by atoms with Gasteiger partial charge in [-0.3, -0.25) is 14.4 Å². The lowest BCUT2D eigenvalue weighted by molar-refractivity contribution is -0.137. The van der Waals surface area contributed by atoms with Gasteiger partial charge in [-0.25, -0.2) is 0 Å². The lowest BCUT2D eigenvalue weighted by Crippen LogP contribution is -2.37. The van der Waals surface area contributed by atoms with Gasteiger partial charge in [0.15, 0.2) is 0 Å². The van der Waals surface area contributed by atoms with Gasteiger partial charge in [0.2, 0.25) is 11.8 Å². The number of carbonyl (C=O) groups excluding carboxylic acids is 2. The predicted molar refractivity (Wildman–Crippen MR) is 81.5 cm³/mol. The van der Waals surface area contributed by atoms with Crippen LogP contribution in [0.5, 0.6) is 0 Å². The summed E-state index contributed by atoms with van der Waals surface area (Å²) in [5.41, 5.74) is 1.92. The van der Waals surface area contributed by atoms with Crippen molar-refractivity contribution in [2.45, 2.75) is 26.2 Å². The second-order valence-electron chi connectivity index (χ2n) is 5.46. The fraction of sp³-hybridized carbons (Fsp3) is 0.438. The van der Waals surface area contributed by atoms with Crippen molar-refractivity contribution in [3.8, 4) is 0 Å². The van der Waals surface area contributed by atoms with Gasteiger partial charge >= 0.3 is 5.97 Å². The number of aliphatic carboxylic acids is 1. The number of anilines is 1. The molecule has 1 atom stereocenters. The lowest BCUT2D eigenvalue weighted by atomic mass is 10.1. The zero-order valence-electron chi connectivity index (χ0n) is 12.5. The SMILES string of the molecule is Cc1ccc(N2CC[C@H](C(=O)NCCCC(=O)O)C2=O)cc1. The molecule has 2 rings (SSSR count). The van der Waals surface area contributed by atoms with Gasteiger partial charge in [0.05, 0.1) is 0 Å². The smallest absolute Gasteiger partial charge is 0.303 e. The van der Waals surface area contributed by atoms with E-state index in [4.69, 9.17) is 5.11 Å². The number of hydrogen-bond donors (Lipinski definition) is 2. The maximum absolute atomic E-state index is 12.3. The van der Waals surface area contributed by atoms with Crippen LogP contribution in [0.3, 0.4) is 0 Å². The minimum atomic E-state index is -0.892. The Morgan fingerprint density at radius 1 is 1.32 bits per heavy atom. The van der Waals surface area contributed by atoms with Crippen molar-refractivity contribution in [3.63, 3.8) is 0 Å². The molecule has 118 valence electrons. The van der Waals surface area contributed by atoms with Crippen LogP contribution in [0.15, 0.2) is 24.3 Å². The van der Waals surface area contributed by atoms with E-state index in [1.165, 1.54) is 0 Å². The van der Waals surface area contributed by atoms with Crippen LogP contribution in [-0.4, -0.2) is 36.0 Å². The van der Waals surface area contributed by atoms with Crippen LogP contribution in [0.1, 0.15) is 24.8 Å². The Morgan fingerprint density at radius 2 is 2.00 bits per heavy atom. The standard InChI is InChI=1S/C16H20N2O4/c1-11-4-6-12(7-5-11)18-10-8-13(16(18)22)15(21)17-9-2-3-14(19)20/h4-7,13H,2-3,8-10H2,1H3,(H,17,21)(H,19,20)/t13-/m1/s1. The maximum atomic E-state index is 12.3. The van der Waals surface area contributed by atoms with Crippen molar-refractivity contribution in [1.29, 1.82) is 0 Å². The minimum Gasteiger partial charge on any atom is -0.481 e. The molecule has 1 aromatic rings. The van der Waals surface area contributed by atoms with Gasteiger partial charge in [-0.2, -0.15) is 0 Å². The topological polar surface area (TPSA) is 86.7 Å². The first-order valence-corrected chi connectivity index (χ1v) is 7.36. The van der Waals surface area contributed by atoms with Gasteiger partial charge in [0.1, 0.15) is 5.92 Å². The quantitative estimate of drug-likeness (QED) is 0.613. The van der Waals surface area contributed by atoms with E-state index < -0.39 is 11.9 Å². The number of nitrogens with zero attached hydrogens (tertiary/aromatic N) is 1. The third-order valence-corrected chi connectivity index (χ3v) is 3.73. The molecule has 0 radical (unpaired) electrons. The van der Waals surface area contributed by atoms with Crippen molar-refractivity contribution in [3.05, 3.63) is 29.8 Å². The second kappa shape index (κ2) is 7.06. The van der Waals surface area contributed by atoms with Gasteiger partial charge in [0.25, 0.3) is 0 Å². The Bertz CT molecular complexity index is 568. The first kappa shape index (κ1) is 16.0. The zero-order chi connectivity index (χ0) is 16.1. The molecule has 2 amide bonds. The van der Waals surface area contributed by atoms with E-state index in [9.17, 15) is 14.4 Å². The number of carboxylic acid groups (broad SMARTS) is 1. The number of benzene rings is 1. The van der Waals surface area contributed by atoms with Crippen LogP contribution < -0.4 is 10.2 Å². The third-order valence-electron chi connectivity index (χ3n) is 3.73. The predicted octanol–water partition coefficient (Wildman–Crippen LogP) is 1.33. The Kier molecular flexibility index (Phi) is 5.14. The van der Waals surface area contributed by atoms with E-state index in [-0.39, 0.29) is 24.8 Å². The molecule has 2 N–H and O–H groups in total. The molecule has 1 aliphatic rings. The summed E-state index contributed by atoms with van der Waals surface area (Å²) in [5, 5.41) is 11.2.